The second-order valence-electron chi connectivity index (χ2n) is 5.15. The molecule has 110 valence electrons. The Bertz CT molecular complexity index is 497. The lowest BCUT2D eigenvalue weighted by molar-refractivity contribution is -0.385. The number of halogens is 1. The first-order valence-electron chi connectivity index (χ1n) is 6.56. The van der Waals surface area contributed by atoms with Gasteiger partial charge in [0.1, 0.15) is 0 Å². The highest BCUT2D eigenvalue weighted by Crippen LogP contribution is 2.25. The number of piperazine rings is 1. The third-order valence-electron chi connectivity index (χ3n) is 3.70. The summed E-state index contributed by atoms with van der Waals surface area (Å²) in [6, 6.07) is 5.05. The third-order valence-corrected chi connectivity index (χ3v) is 3.93. The molecule has 0 bridgehead atoms. The number of nitrogens with two attached hydrogens (primary N) is 1. The average Bonchev–Trinajstić information content (AvgIpc) is 2.42. The zero-order chi connectivity index (χ0) is 14.7. The zero-order valence-corrected chi connectivity index (χ0v) is 12.2. The molecular formula is C13H19ClN4O2. The first kappa shape index (κ1) is 15.2. The molecule has 7 heteroatoms. The maximum atomic E-state index is 11.1. The fraction of sp³-hybridized carbons (Fsp3) is 0.538. The summed E-state index contributed by atoms with van der Waals surface area (Å²) in [5.74, 6) is 0. The standard InChI is InChI=1S/C13H19ClN4O2/c1-16-4-5-17(12(7-15)9-16)8-10-2-3-11(14)6-13(10)18(19)20/h2-3,6,12H,4-5,7-9,15H2,1H3. The number of nitro groups is 1. The third kappa shape index (κ3) is 3.46. The lowest BCUT2D eigenvalue weighted by atomic mass is 10.1. The Morgan fingerprint density at radius 3 is 2.90 bits per heavy atom. The second-order valence-corrected chi connectivity index (χ2v) is 5.59. The van der Waals surface area contributed by atoms with E-state index in [2.05, 4.69) is 16.8 Å². The van der Waals surface area contributed by atoms with Gasteiger partial charge in [-0.3, -0.25) is 15.0 Å². The minimum atomic E-state index is -0.380. The van der Waals surface area contributed by atoms with Crippen molar-refractivity contribution in [3.8, 4) is 0 Å². The van der Waals surface area contributed by atoms with Gasteiger partial charge in [0.05, 0.1) is 4.92 Å². The topological polar surface area (TPSA) is 75.6 Å². The molecule has 1 atom stereocenters. The molecule has 0 saturated carbocycles. The summed E-state index contributed by atoms with van der Waals surface area (Å²) in [6.07, 6.45) is 0. The Morgan fingerprint density at radius 1 is 1.50 bits per heavy atom. The Balaban J connectivity index is 2.18. The van der Waals surface area contributed by atoms with E-state index in [1.165, 1.54) is 6.07 Å². The number of benzene rings is 1. The van der Waals surface area contributed by atoms with E-state index < -0.39 is 0 Å². The fourth-order valence-electron chi connectivity index (χ4n) is 2.54. The van der Waals surface area contributed by atoms with E-state index in [0.29, 0.717) is 23.7 Å². The Labute approximate surface area is 123 Å². The Kier molecular flexibility index (Phi) is 4.93. The van der Waals surface area contributed by atoms with Gasteiger partial charge in [-0.1, -0.05) is 11.6 Å². The molecule has 1 aliphatic rings. The summed E-state index contributed by atoms with van der Waals surface area (Å²) in [7, 11) is 2.06. The van der Waals surface area contributed by atoms with Crippen LogP contribution in [0.1, 0.15) is 5.56 Å². The van der Waals surface area contributed by atoms with Crippen molar-refractivity contribution in [2.75, 3.05) is 33.2 Å². The molecule has 1 aliphatic heterocycles. The van der Waals surface area contributed by atoms with E-state index in [1.54, 1.807) is 12.1 Å². The first-order chi connectivity index (χ1) is 9.51. The summed E-state index contributed by atoms with van der Waals surface area (Å²) >= 11 is 5.83. The molecule has 0 radical (unpaired) electrons. The molecule has 0 aliphatic carbocycles. The largest absolute Gasteiger partial charge is 0.329 e. The summed E-state index contributed by atoms with van der Waals surface area (Å²) in [6.45, 7) is 3.77. The van der Waals surface area contributed by atoms with Gasteiger partial charge >= 0.3 is 0 Å². The van der Waals surface area contributed by atoms with E-state index in [1.807, 2.05) is 0 Å². The molecule has 1 saturated heterocycles. The maximum Gasteiger partial charge on any atom is 0.275 e. The van der Waals surface area contributed by atoms with Crippen LogP contribution in [-0.4, -0.2) is 54.0 Å². The van der Waals surface area contributed by atoms with Gasteiger partial charge in [-0.2, -0.15) is 0 Å². The van der Waals surface area contributed by atoms with Crippen LogP contribution in [0.15, 0.2) is 18.2 Å². The molecule has 2 rings (SSSR count). The van der Waals surface area contributed by atoms with Crippen molar-refractivity contribution in [3.05, 3.63) is 38.9 Å². The molecule has 2 N–H and O–H groups in total. The van der Waals surface area contributed by atoms with Crippen LogP contribution in [-0.2, 0) is 6.54 Å². The lowest BCUT2D eigenvalue weighted by Crippen LogP contribution is -2.54. The van der Waals surface area contributed by atoms with E-state index in [9.17, 15) is 10.1 Å². The van der Waals surface area contributed by atoms with Crippen LogP contribution in [0.5, 0.6) is 0 Å². The summed E-state index contributed by atoms with van der Waals surface area (Å²) in [4.78, 5) is 15.2. The minimum Gasteiger partial charge on any atom is -0.329 e. The number of likely N-dealkylation sites (N-methyl/N-ethyl adjacent to an activating group) is 1. The summed E-state index contributed by atoms with van der Waals surface area (Å²) in [5.41, 5.74) is 6.57. The van der Waals surface area contributed by atoms with Crippen molar-refractivity contribution in [2.24, 2.45) is 5.73 Å². The molecule has 1 heterocycles. The molecule has 1 fully saturated rings. The SMILES string of the molecule is CN1CCN(Cc2ccc(Cl)cc2[N+](=O)[O-])C(CN)C1. The number of rotatable bonds is 4. The van der Waals surface area contributed by atoms with Gasteiger partial charge in [-0.15, -0.1) is 0 Å². The van der Waals surface area contributed by atoms with Gasteiger partial charge in [0.2, 0.25) is 0 Å². The van der Waals surface area contributed by atoms with E-state index in [0.717, 1.165) is 19.6 Å². The molecule has 0 spiro atoms. The molecule has 1 unspecified atom stereocenters. The quantitative estimate of drug-likeness (QED) is 0.670. The fourth-order valence-corrected chi connectivity index (χ4v) is 2.71. The molecule has 1 aromatic carbocycles. The van der Waals surface area contributed by atoms with E-state index >= 15 is 0 Å². The predicted octanol–water partition coefficient (Wildman–Crippen LogP) is 1.32. The monoisotopic (exact) mass is 298 g/mol. The highest BCUT2D eigenvalue weighted by Gasteiger charge is 2.26. The maximum absolute atomic E-state index is 11.1. The molecule has 0 aromatic heterocycles. The normalized spacial score (nSPS) is 21.1. The van der Waals surface area contributed by atoms with Crippen molar-refractivity contribution in [1.82, 2.24) is 9.80 Å². The van der Waals surface area contributed by atoms with Crippen LogP contribution in [0.25, 0.3) is 0 Å². The minimum absolute atomic E-state index is 0.0761. The van der Waals surface area contributed by atoms with Gasteiger partial charge in [0.25, 0.3) is 5.69 Å². The Morgan fingerprint density at radius 2 is 2.25 bits per heavy atom. The predicted molar refractivity (Wildman–Crippen MR) is 78.9 cm³/mol. The summed E-state index contributed by atoms with van der Waals surface area (Å²) in [5, 5.41) is 11.5. The molecule has 6 nitrogen and oxygen atoms in total. The number of nitro benzene ring substituents is 1. The smallest absolute Gasteiger partial charge is 0.275 e. The van der Waals surface area contributed by atoms with Gasteiger partial charge in [-0.25, -0.2) is 0 Å². The zero-order valence-electron chi connectivity index (χ0n) is 11.5. The number of hydrogen-bond donors (Lipinski definition) is 1. The van der Waals surface area contributed by atoms with Crippen LogP contribution in [0, 0.1) is 10.1 Å². The van der Waals surface area contributed by atoms with Crippen LogP contribution in [0.2, 0.25) is 5.02 Å². The average molecular weight is 299 g/mol. The van der Waals surface area contributed by atoms with Gasteiger partial charge in [0, 0.05) is 55.4 Å². The van der Waals surface area contributed by atoms with Crippen molar-refractivity contribution in [3.63, 3.8) is 0 Å². The van der Waals surface area contributed by atoms with Crippen molar-refractivity contribution in [2.45, 2.75) is 12.6 Å². The first-order valence-corrected chi connectivity index (χ1v) is 6.94. The number of hydrogen-bond acceptors (Lipinski definition) is 5. The van der Waals surface area contributed by atoms with Crippen LogP contribution < -0.4 is 5.73 Å². The van der Waals surface area contributed by atoms with Gasteiger partial charge in [-0.05, 0) is 19.2 Å². The highest BCUT2D eigenvalue weighted by atomic mass is 35.5. The van der Waals surface area contributed by atoms with Crippen molar-refractivity contribution >= 4 is 17.3 Å². The summed E-state index contributed by atoms with van der Waals surface area (Å²) < 4.78 is 0. The molecule has 20 heavy (non-hydrogen) atoms. The second kappa shape index (κ2) is 6.49. The van der Waals surface area contributed by atoms with Gasteiger partial charge in [0.15, 0.2) is 0 Å². The van der Waals surface area contributed by atoms with Crippen molar-refractivity contribution in [1.29, 1.82) is 0 Å². The lowest BCUT2D eigenvalue weighted by Gasteiger charge is -2.39. The Hall–Kier alpha value is -1.21. The van der Waals surface area contributed by atoms with Crippen LogP contribution in [0.4, 0.5) is 5.69 Å². The van der Waals surface area contributed by atoms with E-state index in [-0.39, 0.29) is 16.7 Å². The number of nitrogens with zero attached hydrogens (tertiary/aromatic N) is 3. The van der Waals surface area contributed by atoms with Crippen LogP contribution in [0.3, 0.4) is 0 Å². The van der Waals surface area contributed by atoms with Gasteiger partial charge < -0.3 is 10.6 Å². The molecule has 0 amide bonds. The molecule has 1 aromatic rings. The molecular weight excluding hydrogens is 280 g/mol. The van der Waals surface area contributed by atoms with Crippen molar-refractivity contribution < 1.29 is 4.92 Å². The van der Waals surface area contributed by atoms with E-state index in [4.69, 9.17) is 17.3 Å². The highest BCUT2D eigenvalue weighted by molar-refractivity contribution is 6.30. The van der Waals surface area contributed by atoms with Crippen LogP contribution >= 0.6 is 11.6 Å².